The van der Waals surface area contributed by atoms with Gasteiger partial charge in [-0.3, -0.25) is 4.79 Å². The molecule has 4 N–H and O–H groups in total. The summed E-state index contributed by atoms with van der Waals surface area (Å²) in [7, 11) is 0. The number of fused-ring (bicyclic) bond motifs is 1. The maximum Gasteiger partial charge on any atom is 0.416 e. The second-order valence-electron chi connectivity index (χ2n) is 6.49. The van der Waals surface area contributed by atoms with Gasteiger partial charge >= 0.3 is 6.18 Å². The molecule has 0 bridgehead atoms. The first-order chi connectivity index (χ1) is 11.2. The Bertz CT molecular complexity index is 650. The van der Waals surface area contributed by atoms with Crippen LogP contribution in [0.15, 0.2) is 18.2 Å². The Morgan fingerprint density at radius 2 is 2.21 bits per heavy atom. The van der Waals surface area contributed by atoms with Crippen molar-refractivity contribution < 1.29 is 27.8 Å². The van der Waals surface area contributed by atoms with Crippen LogP contribution in [0.2, 0.25) is 0 Å². The topological polar surface area (TPSA) is 84.6 Å². The lowest BCUT2D eigenvalue weighted by atomic mass is 9.81. The summed E-state index contributed by atoms with van der Waals surface area (Å²) in [6.07, 6.45) is -3.11. The highest BCUT2D eigenvalue weighted by molar-refractivity contribution is 5.84. The summed E-state index contributed by atoms with van der Waals surface area (Å²) in [4.78, 5) is 12.6. The molecule has 1 aromatic rings. The summed E-state index contributed by atoms with van der Waals surface area (Å²) in [5, 5.41) is 12.4. The summed E-state index contributed by atoms with van der Waals surface area (Å²) in [6, 6.07) is 2.50. The normalized spacial score (nSPS) is 29.5. The molecule has 1 heterocycles. The Kier molecular flexibility index (Phi) is 4.21. The van der Waals surface area contributed by atoms with E-state index in [4.69, 9.17) is 10.5 Å². The van der Waals surface area contributed by atoms with Crippen molar-refractivity contribution in [1.82, 2.24) is 5.32 Å². The SMILES string of the molecule is N[C@@H]1C[C@H]2OCC[C@@]2(C(=O)NCc2cc(C(F)(F)F)ccc2O)C1. The number of carbonyl (C=O) groups is 1. The summed E-state index contributed by atoms with van der Waals surface area (Å²) >= 11 is 0. The fourth-order valence-corrected chi connectivity index (χ4v) is 3.66. The third-order valence-corrected chi connectivity index (χ3v) is 4.93. The standard InChI is InChI=1S/C16H19F3N2O3/c17-16(18,19)10-1-2-12(22)9(5-10)8-21-14(23)15-3-4-24-13(15)6-11(20)7-15/h1-2,5,11,13,22H,3-4,6-8,20H2,(H,21,23)/t11-,13-,15-/m1/s1. The van der Waals surface area contributed by atoms with Gasteiger partial charge in [0.25, 0.3) is 0 Å². The zero-order valence-electron chi connectivity index (χ0n) is 12.9. The van der Waals surface area contributed by atoms with Crippen LogP contribution in [0.5, 0.6) is 5.75 Å². The molecule has 1 aromatic carbocycles. The van der Waals surface area contributed by atoms with Gasteiger partial charge in [0, 0.05) is 24.8 Å². The summed E-state index contributed by atoms with van der Waals surface area (Å²) in [5.74, 6) is -0.571. The number of amides is 1. The van der Waals surface area contributed by atoms with Crippen LogP contribution in [0.4, 0.5) is 13.2 Å². The molecular formula is C16H19F3N2O3. The van der Waals surface area contributed by atoms with Gasteiger partial charge in [0.2, 0.25) is 5.91 Å². The highest BCUT2D eigenvalue weighted by Crippen LogP contribution is 2.47. The molecule has 1 aliphatic heterocycles. The van der Waals surface area contributed by atoms with Crippen molar-refractivity contribution in [3.63, 3.8) is 0 Å². The van der Waals surface area contributed by atoms with Crippen LogP contribution in [-0.4, -0.2) is 29.8 Å². The number of phenolic OH excluding ortho intramolecular Hbond substituents is 1. The monoisotopic (exact) mass is 344 g/mol. The molecule has 132 valence electrons. The number of alkyl halides is 3. The average molecular weight is 344 g/mol. The molecule has 1 saturated heterocycles. The lowest BCUT2D eigenvalue weighted by molar-refractivity contribution is -0.137. The number of benzene rings is 1. The van der Waals surface area contributed by atoms with Crippen molar-refractivity contribution in [3.05, 3.63) is 29.3 Å². The van der Waals surface area contributed by atoms with E-state index in [9.17, 15) is 23.1 Å². The first-order valence-electron chi connectivity index (χ1n) is 7.77. The summed E-state index contributed by atoms with van der Waals surface area (Å²) < 4.78 is 43.9. The molecule has 24 heavy (non-hydrogen) atoms. The number of phenols is 1. The number of rotatable bonds is 3. The molecule has 0 radical (unpaired) electrons. The highest BCUT2D eigenvalue weighted by atomic mass is 19.4. The van der Waals surface area contributed by atoms with Crippen molar-refractivity contribution in [1.29, 1.82) is 0 Å². The molecule has 1 amide bonds. The number of hydrogen-bond acceptors (Lipinski definition) is 4. The summed E-state index contributed by atoms with van der Waals surface area (Å²) in [5.41, 5.74) is 4.36. The van der Waals surface area contributed by atoms with Gasteiger partial charge in [-0.1, -0.05) is 0 Å². The van der Waals surface area contributed by atoms with Crippen LogP contribution in [-0.2, 0) is 22.3 Å². The zero-order chi connectivity index (χ0) is 17.5. The van der Waals surface area contributed by atoms with E-state index in [0.717, 1.165) is 18.2 Å². The molecule has 2 fully saturated rings. The molecule has 8 heteroatoms. The Morgan fingerprint density at radius 3 is 2.92 bits per heavy atom. The number of aromatic hydroxyl groups is 1. The lowest BCUT2D eigenvalue weighted by Gasteiger charge is -2.26. The lowest BCUT2D eigenvalue weighted by Crippen LogP contribution is -2.43. The molecule has 3 rings (SSSR count). The molecule has 3 atom stereocenters. The predicted octanol–water partition coefficient (Wildman–Crippen LogP) is 1.92. The van der Waals surface area contributed by atoms with Gasteiger partial charge in [0.05, 0.1) is 17.1 Å². The van der Waals surface area contributed by atoms with Gasteiger partial charge in [0.1, 0.15) is 5.75 Å². The van der Waals surface area contributed by atoms with Gasteiger partial charge < -0.3 is 20.9 Å². The van der Waals surface area contributed by atoms with Gasteiger partial charge in [-0.15, -0.1) is 0 Å². The summed E-state index contributed by atoms with van der Waals surface area (Å²) in [6.45, 7) is 0.290. The van der Waals surface area contributed by atoms with Crippen LogP contribution < -0.4 is 11.1 Å². The van der Waals surface area contributed by atoms with Crippen molar-refractivity contribution in [2.45, 2.75) is 44.1 Å². The molecule has 5 nitrogen and oxygen atoms in total. The van der Waals surface area contributed by atoms with E-state index in [1.165, 1.54) is 0 Å². The molecule has 2 aliphatic rings. The number of ether oxygens (including phenoxy) is 1. The number of nitrogens with one attached hydrogen (secondary N) is 1. The van der Waals surface area contributed by atoms with E-state index in [-0.39, 0.29) is 35.9 Å². The molecular weight excluding hydrogens is 325 g/mol. The Labute approximate surface area is 137 Å². The minimum atomic E-state index is -4.51. The van der Waals surface area contributed by atoms with Crippen LogP contribution in [0.1, 0.15) is 30.4 Å². The Hall–Kier alpha value is -1.80. The van der Waals surface area contributed by atoms with Crippen LogP contribution >= 0.6 is 0 Å². The van der Waals surface area contributed by atoms with E-state index >= 15 is 0 Å². The van der Waals surface area contributed by atoms with Gasteiger partial charge in [-0.2, -0.15) is 13.2 Å². The van der Waals surface area contributed by atoms with E-state index in [1.54, 1.807) is 0 Å². The Balaban J connectivity index is 1.73. The molecule has 0 aromatic heterocycles. The maximum absolute atomic E-state index is 12.8. The van der Waals surface area contributed by atoms with E-state index in [1.807, 2.05) is 0 Å². The highest BCUT2D eigenvalue weighted by Gasteiger charge is 2.55. The Morgan fingerprint density at radius 1 is 1.46 bits per heavy atom. The smallest absolute Gasteiger partial charge is 0.416 e. The average Bonchev–Trinajstić information content (AvgIpc) is 3.01. The van der Waals surface area contributed by atoms with E-state index < -0.39 is 17.2 Å². The minimum absolute atomic E-state index is 0.0207. The quantitative estimate of drug-likeness (QED) is 0.782. The molecule has 0 unspecified atom stereocenters. The van der Waals surface area contributed by atoms with Crippen molar-refractivity contribution >= 4 is 5.91 Å². The molecule has 1 saturated carbocycles. The van der Waals surface area contributed by atoms with Crippen LogP contribution in [0.25, 0.3) is 0 Å². The molecule has 1 aliphatic carbocycles. The second kappa shape index (κ2) is 5.93. The zero-order valence-corrected chi connectivity index (χ0v) is 12.9. The number of halogens is 3. The van der Waals surface area contributed by atoms with Crippen molar-refractivity contribution in [3.8, 4) is 5.75 Å². The second-order valence-corrected chi connectivity index (χ2v) is 6.49. The molecule has 0 spiro atoms. The van der Waals surface area contributed by atoms with E-state index in [2.05, 4.69) is 5.32 Å². The third-order valence-electron chi connectivity index (χ3n) is 4.93. The fraction of sp³-hybridized carbons (Fsp3) is 0.562. The van der Waals surface area contributed by atoms with Crippen molar-refractivity contribution in [2.24, 2.45) is 11.1 Å². The number of nitrogens with two attached hydrogens (primary N) is 1. The van der Waals surface area contributed by atoms with Gasteiger partial charge in [0.15, 0.2) is 0 Å². The first kappa shape index (κ1) is 17.0. The fourth-order valence-electron chi connectivity index (χ4n) is 3.66. The van der Waals surface area contributed by atoms with E-state index in [0.29, 0.717) is 25.9 Å². The minimum Gasteiger partial charge on any atom is -0.508 e. The maximum atomic E-state index is 12.8. The number of hydrogen-bond donors (Lipinski definition) is 3. The van der Waals surface area contributed by atoms with Crippen molar-refractivity contribution in [2.75, 3.05) is 6.61 Å². The van der Waals surface area contributed by atoms with Gasteiger partial charge in [-0.05, 0) is 37.5 Å². The predicted molar refractivity (Wildman–Crippen MR) is 79.0 cm³/mol. The van der Waals surface area contributed by atoms with Gasteiger partial charge in [-0.25, -0.2) is 0 Å². The number of carbonyl (C=O) groups excluding carboxylic acids is 1. The largest absolute Gasteiger partial charge is 0.508 e. The van der Waals surface area contributed by atoms with Crippen LogP contribution in [0, 0.1) is 5.41 Å². The third kappa shape index (κ3) is 2.95. The van der Waals surface area contributed by atoms with Crippen LogP contribution in [0.3, 0.4) is 0 Å². The first-order valence-corrected chi connectivity index (χ1v) is 7.77.